The van der Waals surface area contributed by atoms with E-state index in [2.05, 4.69) is 72.8 Å². The quantitative estimate of drug-likeness (QED) is 0.196. The normalized spacial score (nSPS) is 11.6. The molecule has 9 aromatic rings. The lowest BCUT2D eigenvalue weighted by Crippen LogP contribution is -2.00. The van der Waals surface area contributed by atoms with Gasteiger partial charge >= 0.3 is 0 Å². The summed E-state index contributed by atoms with van der Waals surface area (Å²) in [6.45, 7) is 0. The summed E-state index contributed by atoms with van der Waals surface area (Å²) < 4.78 is 6.38. The summed E-state index contributed by atoms with van der Waals surface area (Å²) in [7, 11) is 0. The molecule has 0 spiro atoms. The van der Waals surface area contributed by atoms with E-state index >= 15 is 0 Å². The van der Waals surface area contributed by atoms with Crippen LogP contribution < -0.4 is 0 Å². The molecule has 210 valence electrons. The Labute approximate surface area is 259 Å². The van der Waals surface area contributed by atoms with E-state index in [0.29, 0.717) is 17.5 Å². The molecule has 0 bridgehead atoms. The van der Waals surface area contributed by atoms with Crippen LogP contribution in [0.4, 0.5) is 0 Å². The molecule has 0 radical (unpaired) electrons. The van der Waals surface area contributed by atoms with Gasteiger partial charge in [0, 0.05) is 27.5 Å². The molecule has 0 amide bonds. The van der Waals surface area contributed by atoms with Gasteiger partial charge in [-0.15, -0.1) is 0 Å². The molecule has 7 aromatic carbocycles. The van der Waals surface area contributed by atoms with Crippen molar-refractivity contribution in [2.75, 3.05) is 0 Å². The fraction of sp³-hybridized carbons (Fsp3) is 0. The van der Waals surface area contributed by atoms with Gasteiger partial charge in [0.2, 0.25) is 0 Å². The maximum atomic E-state index is 6.38. The van der Waals surface area contributed by atoms with Crippen molar-refractivity contribution in [1.82, 2.24) is 15.0 Å². The van der Waals surface area contributed by atoms with Crippen molar-refractivity contribution in [2.45, 2.75) is 0 Å². The highest BCUT2D eigenvalue weighted by molar-refractivity contribution is 6.14. The number of aromatic nitrogens is 3. The number of fused-ring (bicyclic) bond motifs is 6. The van der Waals surface area contributed by atoms with Crippen LogP contribution in [0.3, 0.4) is 0 Å². The highest BCUT2D eigenvalue weighted by atomic mass is 16.3. The van der Waals surface area contributed by atoms with Crippen molar-refractivity contribution in [1.29, 1.82) is 0 Å². The molecule has 0 saturated heterocycles. The number of benzene rings is 7. The van der Waals surface area contributed by atoms with Gasteiger partial charge in [0.15, 0.2) is 17.5 Å². The summed E-state index contributed by atoms with van der Waals surface area (Å²) in [6.07, 6.45) is 0. The third-order valence-electron chi connectivity index (χ3n) is 8.51. The van der Waals surface area contributed by atoms with Crippen LogP contribution in [0.5, 0.6) is 0 Å². The molecule has 2 heterocycles. The van der Waals surface area contributed by atoms with E-state index in [1.807, 2.05) is 78.9 Å². The Balaban J connectivity index is 1.23. The van der Waals surface area contributed by atoms with Crippen LogP contribution in [0.1, 0.15) is 0 Å². The molecule has 4 heteroatoms. The highest BCUT2D eigenvalue weighted by Gasteiger charge is 2.17. The topological polar surface area (TPSA) is 51.8 Å². The van der Waals surface area contributed by atoms with Gasteiger partial charge in [0.25, 0.3) is 0 Å². The Morgan fingerprint density at radius 3 is 1.73 bits per heavy atom. The number of rotatable bonds is 4. The van der Waals surface area contributed by atoms with Crippen LogP contribution >= 0.6 is 0 Å². The largest absolute Gasteiger partial charge is 0.456 e. The molecular formula is C41H25N3O. The van der Waals surface area contributed by atoms with E-state index in [1.165, 1.54) is 21.5 Å². The third-order valence-corrected chi connectivity index (χ3v) is 8.51. The van der Waals surface area contributed by atoms with Gasteiger partial charge in [0.1, 0.15) is 11.2 Å². The van der Waals surface area contributed by atoms with Crippen molar-refractivity contribution in [3.05, 3.63) is 152 Å². The molecule has 4 nitrogen and oxygen atoms in total. The zero-order valence-corrected chi connectivity index (χ0v) is 24.2. The highest BCUT2D eigenvalue weighted by Crippen LogP contribution is 2.39. The Kier molecular flexibility index (Phi) is 5.78. The SMILES string of the molecule is c1ccc(-c2nc(-c3ccccc3)nc(-c3ccc4oc5cccc(-c6ccc7c(ccc8ccccc87)c6)c5c4c3)n2)cc1. The summed E-state index contributed by atoms with van der Waals surface area (Å²) in [5.41, 5.74) is 6.75. The van der Waals surface area contributed by atoms with Crippen molar-refractivity contribution in [2.24, 2.45) is 0 Å². The molecule has 0 saturated carbocycles. The van der Waals surface area contributed by atoms with Gasteiger partial charge in [-0.3, -0.25) is 0 Å². The van der Waals surface area contributed by atoms with Gasteiger partial charge in [0.05, 0.1) is 0 Å². The molecule has 0 aliphatic carbocycles. The van der Waals surface area contributed by atoms with Crippen LogP contribution in [-0.4, -0.2) is 15.0 Å². The fourth-order valence-electron chi connectivity index (χ4n) is 6.32. The van der Waals surface area contributed by atoms with Crippen LogP contribution in [-0.2, 0) is 0 Å². The first kappa shape index (κ1) is 25.4. The van der Waals surface area contributed by atoms with Crippen molar-refractivity contribution in [3.63, 3.8) is 0 Å². The molecular weight excluding hydrogens is 550 g/mol. The minimum absolute atomic E-state index is 0.619. The molecule has 0 fully saturated rings. The van der Waals surface area contributed by atoms with Crippen LogP contribution in [0.15, 0.2) is 156 Å². The summed E-state index contributed by atoms with van der Waals surface area (Å²) in [4.78, 5) is 14.8. The summed E-state index contributed by atoms with van der Waals surface area (Å²) in [5.74, 6) is 1.90. The Morgan fingerprint density at radius 1 is 0.356 bits per heavy atom. The Morgan fingerprint density at radius 2 is 0.978 bits per heavy atom. The molecule has 9 rings (SSSR count). The van der Waals surface area contributed by atoms with Crippen molar-refractivity contribution in [3.8, 4) is 45.3 Å². The van der Waals surface area contributed by atoms with Crippen LogP contribution in [0, 0.1) is 0 Å². The smallest absolute Gasteiger partial charge is 0.164 e. The number of nitrogens with zero attached hydrogens (tertiary/aromatic N) is 3. The first-order valence-electron chi connectivity index (χ1n) is 15.0. The molecule has 0 aliphatic rings. The average Bonchev–Trinajstić information content (AvgIpc) is 3.50. The molecule has 45 heavy (non-hydrogen) atoms. The maximum Gasteiger partial charge on any atom is 0.164 e. The molecule has 0 atom stereocenters. The van der Waals surface area contributed by atoms with Gasteiger partial charge in [-0.2, -0.15) is 0 Å². The standard InChI is InChI=1S/C41H25N3O/c1-3-11-27(12-4-1)39-42-40(28-13-5-2-6-14-28)44-41(43-39)31-21-23-36-35(25-31)38-34(16-9-17-37(38)45-36)30-20-22-33-29(24-30)19-18-26-10-7-8-15-32(26)33/h1-25H. The lowest BCUT2D eigenvalue weighted by Gasteiger charge is -2.09. The number of furan rings is 1. The molecule has 2 aromatic heterocycles. The minimum Gasteiger partial charge on any atom is -0.456 e. The van der Waals surface area contributed by atoms with Gasteiger partial charge in [-0.25, -0.2) is 15.0 Å². The predicted octanol–water partition coefficient (Wildman–Crippen LogP) is 10.7. The first-order chi connectivity index (χ1) is 22.3. The second-order valence-electron chi connectivity index (χ2n) is 11.3. The summed E-state index contributed by atoms with van der Waals surface area (Å²) in [5, 5.41) is 7.08. The van der Waals surface area contributed by atoms with Crippen LogP contribution in [0.2, 0.25) is 0 Å². The van der Waals surface area contributed by atoms with Crippen molar-refractivity contribution < 1.29 is 4.42 Å². The lowest BCUT2D eigenvalue weighted by molar-refractivity contribution is 0.669. The van der Waals surface area contributed by atoms with Crippen LogP contribution in [0.25, 0.3) is 88.8 Å². The Bertz CT molecular complexity index is 2480. The van der Waals surface area contributed by atoms with E-state index in [0.717, 1.165) is 49.8 Å². The molecule has 0 N–H and O–H groups in total. The number of hydrogen-bond acceptors (Lipinski definition) is 4. The zero-order valence-electron chi connectivity index (χ0n) is 24.2. The minimum atomic E-state index is 0.619. The first-order valence-corrected chi connectivity index (χ1v) is 15.0. The van der Waals surface area contributed by atoms with Gasteiger partial charge in [-0.1, -0.05) is 121 Å². The average molecular weight is 576 g/mol. The maximum absolute atomic E-state index is 6.38. The summed E-state index contributed by atoms with van der Waals surface area (Å²) in [6, 6.07) is 52.3. The second-order valence-corrected chi connectivity index (χ2v) is 11.3. The van der Waals surface area contributed by atoms with Crippen molar-refractivity contribution >= 4 is 43.5 Å². The van der Waals surface area contributed by atoms with E-state index in [9.17, 15) is 0 Å². The van der Waals surface area contributed by atoms with Gasteiger partial charge < -0.3 is 4.42 Å². The predicted molar refractivity (Wildman–Crippen MR) is 184 cm³/mol. The molecule has 0 aliphatic heterocycles. The monoisotopic (exact) mass is 575 g/mol. The molecule has 0 unspecified atom stereocenters. The summed E-state index contributed by atoms with van der Waals surface area (Å²) >= 11 is 0. The number of hydrogen-bond donors (Lipinski definition) is 0. The Hall–Kier alpha value is -6.13. The fourth-order valence-corrected chi connectivity index (χ4v) is 6.32. The van der Waals surface area contributed by atoms with E-state index in [-0.39, 0.29) is 0 Å². The van der Waals surface area contributed by atoms with E-state index < -0.39 is 0 Å². The van der Waals surface area contributed by atoms with E-state index in [1.54, 1.807) is 0 Å². The lowest BCUT2D eigenvalue weighted by atomic mass is 9.95. The van der Waals surface area contributed by atoms with E-state index in [4.69, 9.17) is 19.4 Å². The second kappa shape index (κ2) is 10.2. The van der Waals surface area contributed by atoms with Gasteiger partial charge in [-0.05, 0) is 63.0 Å². The third kappa shape index (κ3) is 4.35. The zero-order chi connectivity index (χ0) is 29.7.